The van der Waals surface area contributed by atoms with Gasteiger partial charge in [0.1, 0.15) is 27.6 Å². The number of fused-ring (bicyclic) bond motifs is 1. The number of hydrogen-bond acceptors (Lipinski definition) is 7. The Labute approximate surface area is 183 Å². The van der Waals surface area contributed by atoms with Gasteiger partial charge in [-0.25, -0.2) is 23.4 Å². The summed E-state index contributed by atoms with van der Waals surface area (Å²) in [5, 5.41) is 0. The minimum atomic E-state index is -4.63. The smallest absolute Gasteiger partial charge is 0.433 e. The van der Waals surface area contributed by atoms with Crippen molar-refractivity contribution in [2.75, 3.05) is 19.5 Å². The molecule has 0 atom stereocenters. The van der Waals surface area contributed by atoms with Crippen molar-refractivity contribution in [3.05, 3.63) is 30.2 Å². The molecule has 0 bridgehead atoms. The Morgan fingerprint density at radius 3 is 2.41 bits per heavy atom. The summed E-state index contributed by atoms with van der Waals surface area (Å²) in [5.41, 5.74) is -1.50. The molecule has 0 aromatic carbocycles. The maximum Gasteiger partial charge on any atom is 0.433 e. The number of aryl methyl sites for hydroxylation is 1. The molecular weight excluding hydrogens is 449 g/mol. The third-order valence-corrected chi connectivity index (χ3v) is 6.44. The minimum absolute atomic E-state index is 0.0102. The van der Waals surface area contributed by atoms with E-state index in [1.165, 1.54) is 30.9 Å². The first-order valence-electron chi connectivity index (χ1n) is 9.60. The Balaban J connectivity index is 2.18. The molecule has 0 unspecified atom stereocenters. The largest absolute Gasteiger partial charge is 0.484 e. The first-order chi connectivity index (χ1) is 14.8. The molecule has 3 rings (SSSR count). The molecule has 0 saturated carbocycles. The molecule has 0 radical (unpaired) electrons. The van der Waals surface area contributed by atoms with Crippen LogP contribution >= 0.6 is 0 Å². The lowest BCUT2D eigenvalue weighted by molar-refractivity contribution is -0.141. The van der Waals surface area contributed by atoms with E-state index in [9.17, 15) is 21.6 Å². The number of imidazole rings is 1. The van der Waals surface area contributed by atoms with Crippen LogP contribution in [-0.4, -0.2) is 53.0 Å². The fraction of sp³-hybridized carbons (Fsp3) is 0.450. The maximum atomic E-state index is 13.0. The molecular formula is C20H23F3N4O4S. The average Bonchev–Trinajstić information content (AvgIpc) is 3.03. The summed E-state index contributed by atoms with van der Waals surface area (Å²) in [6, 6.07) is 2.16. The van der Waals surface area contributed by atoms with Crippen molar-refractivity contribution in [2.24, 2.45) is 7.05 Å². The lowest BCUT2D eigenvalue weighted by Gasteiger charge is -2.25. The van der Waals surface area contributed by atoms with Gasteiger partial charge in [-0.15, -0.1) is 0 Å². The number of halogens is 3. The van der Waals surface area contributed by atoms with Crippen LogP contribution in [0.2, 0.25) is 0 Å². The lowest BCUT2D eigenvalue weighted by atomic mass is 10.1. The molecule has 3 aromatic rings. The molecule has 0 aliphatic heterocycles. The van der Waals surface area contributed by atoms with Gasteiger partial charge < -0.3 is 14.0 Å². The van der Waals surface area contributed by atoms with Crippen molar-refractivity contribution in [2.45, 2.75) is 37.4 Å². The zero-order valence-corrected chi connectivity index (χ0v) is 19.0. The van der Waals surface area contributed by atoms with Gasteiger partial charge >= 0.3 is 6.18 Å². The van der Waals surface area contributed by atoms with Gasteiger partial charge in [-0.1, -0.05) is 6.92 Å². The molecule has 0 amide bonds. The lowest BCUT2D eigenvalue weighted by Crippen LogP contribution is -2.33. The molecule has 0 aliphatic carbocycles. The second kappa shape index (κ2) is 8.32. The highest BCUT2D eigenvalue weighted by Crippen LogP contribution is 2.34. The maximum absolute atomic E-state index is 13.0. The number of rotatable bonds is 7. The summed E-state index contributed by atoms with van der Waals surface area (Å²) < 4.78 is 77.2. The first kappa shape index (κ1) is 23.9. The number of nitrogens with zero attached hydrogens (tertiary/aromatic N) is 4. The summed E-state index contributed by atoms with van der Waals surface area (Å²) >= 11 is 0. The first-order valence-corrected chi connectivity index (χ1v) is 11.2. The van der Waals surface area contributed by atoms with Crippen LogP contribution in [0.3, 0.4) is 0 Å². The van der Waals surface area contributed by atoms with Gasteiger partial charge in [0.15, 0.2) is 15.7 Å². The molecule has 0 aliphatic rings. The fourth-order valence-corrected chi connectivity index (χ4v) is 4.24. The van der Waals surface area contributed by atoms with Gasteiger partial charge in [0.2, 0.25) is 0 Å². The highest BCUT2D eigenvalue weighted by atomic mass is 32.2. The van der Waals surface area contributed by atoms with Crippen LogP contribution in [0.25, 0.3) is 22.6 Å². The van der Waals surface area contributed by atoms with Crippen molar-refractivity contribution in [1.82, 2.24) is 19.5 Å². The summed E-state index contributed by atoms with van der Waals surface area (Å²) in [6.07, 6.45) is -2.23. The highest BCUT2D eigenvalue weighted by Gasteiger charge is 2.33. The van der Waals surface area contributed by atoms with Crippen molar-refractivity contribution in [3.63, 3.8) is 0 Å². The number of sulfone groups is 1. The summed E-state index contributed by atoms with van der Waals surface area (Å²) in [6.45, 7) is 5.28. The van der Waals surface area contributed by atoms with Crippen molar-refractivity contribution < 1.29 is 31.1 Å². The molecule has 32 heavy (non-hydrogen) atoms. The summed E-state index contributed by atoms with van der Waals surface area (Å²) in [4.78, 5) is 11.8. The number of hydrogen-bond donors (Lipinski definition) is 0. The molecule has 12 heteroatoms. The SMILES string of the molecule is CCS(=O)(=O)c1cc(OC(C)(C)COC)cnc1-c1nc2cc(C(F)(F)F)ncc2n1C. The second-order valence-corrected chi connectivity index (χ2v) is 10.0. The number of aromatic nitrogens is 4. The van der Waals surface area contributed by atoms with E-state index in [0.717, 1.165) is 12.3 Å². The Morgan fingerprint density at radius 1 is 1.12 bits per heavy atom. The third-order valence-electron chi connectivity index (χ3n) is 4.70. The van der Waals surface area contributed by atoms with Gasteiger partial charge in [-0.05, 0) is 19.9 Å². The van der Waals surface area contributed by atoms with Crippen LogP contribution < -0.4 is 4.74 Å². The van der Waals surface area contributed by atoms with Gasteiger partial charge in [0.05, 0.1) is 35.8 Å². The number of methoxy groups -OCH3 is 1. The van der Waals surface area contributed by atoms with E-state index >= 15 is 0 Å². The molecule has 0 spiro atoms. The standard InChI is InChI=1S/C20H23F3N4O4S/c1-6-32(28,29)15-7-12(31-19(2,3)11-30-5)9-25-17(15)18-26-13-8-16(20(21,22)23)24-10-14(13)27(18)4/h7-10H,6,11H2,1-5H3. The highest BCUT2D eigenvalue weighted by molar-refractivity contribution is 7.91. The van der Waals surface area contributed by atoms with E-state index < -0.39 is 27.3 Å². The minimum Gasteiger partial charge on any atom is -0.484 e. The Morgan fingerprint density at radius 2 is 1.81 bits per heavy atom. The zero-order chi connectivity index (χ0) is 23.9. The van der Waals surface area contributed by atoms with Gasteiger partial charge in [-0.3, -0.25) is 0 Å². The van der Waals surface area contributed by atoms with Crippen molar-refractivity contribution in [3.8, 4) is 17.3 Å². The van der Waals surface area contributed by atoms with E-state index in [0.29, 0.717) is 5.52 Å². The van der Waals surface area contributed by atoms with E-state index in [4.69, 9.17) is 9.47 Å². The number of pyridine rings is 2. The molecule has 3 aromatic heterocycles. The van der Waals surface area contributed by atoms with Crippen molar-refractivity contribution >= 4 is 20.9 Å². The predicted molar refractivity (Wildman–Crippen MR) is 111 cm³/mol. The van der Waals surface area contributed by atoms with E-state index in [1.807, 2.05) is 0 Å². The average molecular weight is 472 g/mol. The molecule has 3 heterocycles. The Hall–Kier alpha value is -2.73. The van der Waals surface area contributed by atoms with Gasteiger partial charge in [0, 0.05) is 20.2 Å². The number of ether oxygens (including phenoxy) is 2. The normalized spacial score (nSPS) is 13.0. The van der Waals surface area contributed by atoms with E-state index in [1.54, 1.807) is 20.9 Å². The zero-order valence-electron chi connectivity index (χ0n) is 18.2. The Kier molecular flexibility index (Phi) is 6.22. The van der Waals surface area contributed by atoms with Gasteiger partial charge in [-0.2, -0.15) is 13.2 Å². The molecule has 174 valence electrons. The molecule has 0 saturated heterocycles. The molecule has 0 N–H and O–H groups in total. The van der Waals surface area contributed by atoms with Crippen LogP contribution in [0.1, 0.15) is 26.5 Å². The summed E-state index contributed by atoms with van der Waals surface area (Å²) in [5.74, 6) is 0.0921. The van der Waals surface area contributed by atoms with Crippen molar-refractivity contribution in [1.29, 1.82) is 0 Å². The van der Waals surface area contributed by atoms with Crippen LogP contribution in [0.5, 0.6) is 5.75 Å². The second-order valence-electron chi connectivity index (χ2n) is 7.77. The quantitative estimate of drug-likeness (QED) is 0.518. The topological polar surface area (TPSA) is 96.2 Å². The Bertz CT molecular complexity index is 1250. The van der Waals surface area contributed by atoms with Crippen LogP contribution in [0, 0.1) is 0 Å². The fourth-order valence-electron chi connectivity index (χ4n) is 3.19. The number of alkyl halides is 3. The summed E-state index contributed by atoms with van der Waals surface area (Å²) in [7, 11) is -0.706. The van der Waals surface area contributed by atoms with Gasteiger partial charge in [0.25, 0.3) is 0 Å². The van der Waals surface area contributed by atoms with Crippen LogP contribution in [0.4, 0.5) is 13.2 Å². The van der Waals surface area contributed by atoms with E-state index in [2.05, 4.69) is 15.0 Å². The van der Waals surface area contributed by atoms with Crippen LogP contribution in [-0.2, 0) is 27.8 Å². The van der Waals surface area contributed by atoms with E-state index in [-0.39, 0.29) is 40.0 Å². The predicted octanol–water partition coefficient (Wildman–Crippen LogP) is 3.65. The molecule has 0 fully saturated rings. The monoisotopic (exact) mass is 472 g/mol. The molecule has 8 nitrogen and oxygen atoms in total. The van der Waals surface area contributed by atoms with Crippen LogP contribution in [0.15, 0.2) is 29.4 Å². The third kappa shape index (κ3) is 4.70.